The van der Waals surface area contributed by atoms with E-state index in [1.807, 2.05) is 0 Å². The number of benzene rings is 1. The van der Waals surface area contributed by atoms with Gasteiger partial charge in [-0.2, -0.15) is 0 Å². The fourth-order valence-electron chi connectivity index (χ4n) is 2.12. The molecule has 0 atom stereocenters. The zero-order chi connectivity index (χ0) is 18.1. The highest BCUT2D eigenvalue weighted by Gasteiger charge is 2.30. The molecule has 1 N–H and O–H groups in total. The minimum atomic E-state index is -3.77. The number of carbonyl (C=O) groups is 3. The molecule has 1 saturated heterocycles. The first-order chi connectivity index (χ1) is 11.1. The van der Waals surface area contributed by atoms with E-state index in [0.29, 0.717) is 0 Å². The van der Waals surface area contributed by atoms with Crippen molar-refractivity contribution in [3.8, 4) is 0 Å². The van der Waals surface area contributed by atoms with Gasteiger partial charge in [-0.05, 0) is 18.2 Å². The van der Waals surface area contributed by atoms with Crippen LogP contribution >= 0.6 is 11.6 Å². The Hall–Kier alpha value is -1.97. The lowest BCUT2D eigenvalue weighted by Gasteiger charge is -2.16. The van der Waals surface area contributed by atoms with E-state index in [9.17, 15) is 22.8 Å². The van der Waals surface area contributed by atoms with Crippen LogP contribution in [-0.4, -0.2) is 56.0 Å². The molecule has 0 bridgehead atoms. The summed E-state index contributed by atoms with van der Waals surface area (Å²) in [6.07, 6.45) is 0.191. The highest BCUT2D eigenvalue weighted by atomic mass is 35.5. The molecule has 0 aromatic heterocycles. The summed E-state index contributed by atoms with van der Waals surface area (Å²) in [7, 11) is -1.05. The smallest absolute Gasteiger partial charge is 0.244 e. The number of halogens is 1. The lowest BCUT2D eigenvalue weighted by atomic mass is 10.3. The molecule has 0 saturated carbocycles. The van der Waals surface area contributed by atoms with Gasteiger partial charge in [-0.15, -0.1) is 0 Å². The zero-order valence-electron chi connectivity index (χ0n) is 13.1. The SMILES string of the molecule is CN(C)S(=O)(=O)c1cc(NC(=O)CN2C(=O)CCC2=O)ccc1Cl. The van der Waals surface area contributed by atoms with Gasteiger partial charge in [-0.25, -0.2) is 12.7 Å². The lowest BCUT2D eigenvalue weighted by Crippen LogP contribution is -2.36. The molecule has 130 valence electrons. The Morgan fingerprint density at radius 1 is 1.25 bits per heavy atom. The van der Waals surface area contributed by atoms with E-state index in [2.05, 4.69) is 5.32 Å². The highest BCUT2D eigenvalue weighted by molar-refractivity contribution is 7.89. The van der Waals surface area contributed by atoms with Crippen LogP contribution in [0.15, 0.2) is 23.1 Å². The Bertz CT molecular complexity index is 791. The second kappa shape index (κ2) is 6.88. The maximum Gasteiger partial charge on any atom is 0.244 e. The Kier molecular flexibility index (Phi) is 5.26. The van der Waals surface area contributed by atoms with Crippen LogP contribution < -0.4 is 5.32 Å². The third-order valence-electron chi connectivity index (χ3n) is 3.43. The topological polar surface area (TPSA) is 104 Å². The minimum Gasteiger partial charge on any atom is -0.324 e. The molecule has 24 heavy (non-hydrogen) atoms. The van der Waals surface area contributed by atoms with Gasteiger partial charge in [0.25, 0.3) is 0 Å². The maximum absolute atomic E-state index is 12.2. The molecule has 1 heterocycles. The molecule has 3 amide bonds. The fourth-order valence-corrected chi connectivity index (χ4v) is 3.51. The molecule has 0 radical (unpaired) electrons. The van der Waals surface area contributed by atoms with E-state index < -0.39 is 34.3 Å². The molecule has 1 aliphatic rings. The number of hydrogen-bond acceptors (Lipinski definition) is 5. The van der Waals surface area contributed by atoms with Crippen LogP contribution in [0.1, 0.15) is 12.8 Å². The number of imide groups is 1. The quantitative estimate of drug-likeness (QED) is 0.764. The van der Waals surface area contributed by atoms with Gasteiger partial charge in [0.1, 0.15) is 11.4 Å². The first kappa shape index (κ1) is 18.4. The summed E-state index contributed by atoms with van der Waals surface area (Å²) >= 11 is 5.92. The van der Waals surface area contributed by atoms with Crippen molar-refractivity contribution in [2.75, 3.05) is 26.0 Å². The van der Waals surface area contributed by atoms with Crippen molar-refractivity contribution >= 4 is 45.0 Å². The fraction of sp³-hybridized carbons (Fsp3) is 0.357. The second-order valence-electron chi connectivity index (χ2n) is 5.35. The third kappa shape index (κ3) is 3.74. The number of nitrogens with one attached hydrogen (secondary N) is 1. The molecule has 1 aliphatic heterocycles. The van der Waals surface area contributed by atoms with Gasteiger partial charge in [0, 0.05) is 32.6 Å². The summed E-state index contributed by atoms with van der Waals surface area (Å²) in [5.41, 5.74) is 0.198. The maximum atomic E-state index is 12.2. The molecule has 8 nitrogen and oxygen atoms in total. The summed E-state index contributed by atoms with van der Waals surface area (Å²) in [6.45, 7) is -0.407. The van der Waals surface area contributed by atoms with E-state index in [-0.39, 0.29) is 28.4 Å². The van der Waals surface area contributed by atoms with Crippen molar-refractivity contribution in [2.45, 2.75) is 17.7 Å². The Morgan fingerprint density at radius 2 is 1.83 bits per heavy atom. The number of anilines is 1. The van der Waals surface area contributed by atoms with Crippen LogP contribution in [0.5, 0.6) is 0 Å². The van der Waals surface area contributed by atoms with E-state index in [1.54, 1.807) is 0 Å². The van der Waals surface area contributed by atoms with E-state index in [1.165, 1.54) is 32.3 Å². The van der Waals surface area contributed by atoms with Crippen LogP contribution in [0.25, 0.3) is 0 Å². The number of amides is 3. The third-order valence-corrected chi connectivity index (χ3v) is 5.73. The number of hydrogen-bond donors (Lipinski definition) is 1. The summed E-state index contributed by atoms with van der Waals surface area (Å²) < 4.78 is 25.4. The van der Waals surface area contributed by atoms with E-state index in [4.69, 9.17) is 11.6 Å². The Morgan fingerprint density at radius 3 is 2.38 bits per heavy atom. The van der Waals surface area contributed by atoms with Gasteiger partial charge in [-0.3, -0.25) is 19.3 Å². The van der Waals surface area contributed by atoms with Crippen LogP contribution in [0.4, 0.5) is 5.69 Å². The molecule has 1 fully saturated rings. The normalized spacial score (nSPS) is 15.2. The minimum absolute atomic E-state index is 0.0200. The van der Waals surface area contributed by atoms with Gasteiger partial charge in [0.2, 0.25) is 27.7 Å². The monoisotopic (exact) mass is 373 g/mol. The standard InChI is InChI=1S/C14H16ClN3O5S/c1-17(2)24(22,23)11-7-9(3-4-10(11)15)16-12(19)8-18-13(20)5-6-14(18)21/h3-4,7H,5-6,8H2,1-2H3,(H,16,19). The summed E-state index contributed by atoms with van der Waals surface area (Å²) in [5.74, 6) is -1.40. The Balaban J connectivity index is 2.17. The van der Waals surface area contributed by atoms with Gasteiger partial charge < -0.3 is 5.32 Å². The summed E-state index contributed by atoms with van der Waals surface area (Å²) in [5, 5.41) is 2.48. The molecule has 2 rings (SSSR count). The van der Waals surface area contributed by atoms with E-state index in [0.717, 1.165) is 9.21 Å². The van der Waals surface area contributed by atoms with Crippen molar-refractivity contribution in [2.24, 2.45) is 0 Å². The molecular formula is C14H16ClN3O5S. The van der Waals surface area contributed by atoms with Crippen LogP contribution in [-0.2, 0) is 24.4 Å². The molecule has 1 aromatic carbocycles. The van der Waals surface area contributed by atoms with Gasteiger partial charge in [0.15, 0.2) is 0 Å². The second-order valence-corrected chi connectivity index (χ2v) is 7.88. The molecule has 1 aromatic rings. The number of likely N-dealkylation sites (tertiary alicyclic amines) is 1. The predicted molar refractivity (Wildman–Crippen MR) is 86.9 cm³/mol. The molecule has 0 unspecified atom stereocenters. The van der Waals surface area contributed by atoms with Crippen molar-refractivity contribution < 1.29 is 22.8 Å². The zero-order valence-corrected chi connectivity index (χ0v) is 14.6. The average Bonchev–Trinajstić information content (AvgIpc) is 2.80. The molecule has 0 aliphatic carbocycles. The molecule has 0 spiro atoms. The first-order valence-corrected chi connectivity index (χ1v) is 8.80. The molecular weight excluding hydrogens is 358 g/mol. The van der Waals surface area contributed by atoms with E-state index >= 15 is 0 Å². The number of sulfonamides is 1. The summed E-state index contributed by atoms with van der Waals surface area (Å²) in [4.78, 5) is 35.7. The van der Waals surface area contributed by atoms with Crippen LogP contribution in [0, 0.1) is 0 Å². The molecule has 10 heteroatoms. The number of nitrogens with zero attached hydrogens (tertiary/aromatic N) is 2. The van der Waals surface area contributed by atoms with Gasteiger partial charge >= 0.3 is 0 Å². The van der Waals surface area contributed by atoms with Gasteiger partial charge in [-0.1, -0.05) is 11.6 Å². The van der Waals surface area contributed by atoms with Gasteiger partial charge in [0.05, 0.1) is 5.02 Å². The van der Waals surface area contributed by atoms with Crippen LogP contribution in [0.3, 0.4) is 0 Å². The highest BCUT2D eigenvalue weighted by Crippen LogP contribution is 2.26. The van der Waals surface area contributed by atoms with Crippen molar-refractivity contribution in [1.29, 1.82) is 0 Å². The predicted octanol–water partition coefficient (Wildman–Crippen LogP) is 0.678. The van der Waals surface area contributed by atoms with Crippen molar-refractivity contribution in [3.05, 3.63) is 23.2 Å². The number of rotatable bonds is 5. The average molecular weight is 374 g/mol. The number of carbonyl (C=O) groups excluding carboxylic acids is 3. The van der Waals surface area contributed by atoms with Crippen molar-refractivity contribution in [1.82, 2.24) is 9.21 Å². The lowest BCUT2D eigenvalue weighted by molar-refractivity contribution is -0.141. The van der Waals surface area contributed by atoms with Crippen LogP contribution in [0.2, 0.25) is 5.02 Å². The van der Waals surface area contributed by atoms with Crippen molar-refractivity contribution in [3.63, 3.8) is 0 Å². The largest absolute Gasteiger partial charge is 0.324 e. The Labute approximate surface area is 144 Å². The first-order valence-electron chi connectivity index (χ1n) is 6.98. The summed E-state index contributed by atoms with van der Waals surface area (Å²) in [6, 6.07) is 4.01.